The van der Waals surface area contributed by atoms with E-state index >= 15 is 0 Å². The van der Waals surface area contributed by atoms with Crippen LogP contribution in [0.2, 0.25) is 0 Å². The third-order valence-corrected chi connectivity index (χ3v) is 4.24. The van der Waals surface area contributed by atoms with Crippen LogP contribution >= 0.6 is 0 Å². The maximum absolute atomic E-state index is 12.5. The van der Waals surface area contributed by atoms with Gasteiger partial charge in [-0.05, 0) is 61.9 Å². The fourth-order valence-corrected chi connectivity index (χ4v) is 2.73. The van der Waals surface area contributed by atoms with Gasteiger partial charge in [0, 0.05) is 16.8 Å². The van der Waals surface area contributed by atoms with Crippen LogP contribution in [0, 0.1) is 6.92 Å². The molecule has 0 bridgehead atoms. The normalized spacial score (nSPS) is 10.2. The van der Waals surface area contributed by atoms with E-state index in [9.17, 15) is 9.59 Å². The maximum Gasteiger partial charge on any atom is 0.255 e. The molecular formula is C23H22N2O3. The van der Waals surface area contributed by atoms with Crippen LogP contribution in [0.5, 0.6) is 5.75 Å². The molecule has 0 heterocycles. The minimum Gasteiger partial charge on any atom is -0.492 e. The summed E-state index contributed by atoms with van der Waals surface area (Å²) in [6, 6.07) is 21.4. The Morgan fingerprint density at radius 3 is 1.82 bits per heavy atom. The van der Waals surface area contributed by atoms with E-state index in [2.05, 4.69) is 10.6 Å². The molecule has 0 atom stereocenters. The second kappa shape index (κ2) is 8.86. The Labute approximate surface area is 164 Å². The van der Waals surface area contributed by atoms with Gasteiger partial charge in [-0.3, -0.25) is 9.59 Å². The van der Waals surface area contributed by atoms with Crippen molar-refractivity contribution >= 4 is 23.2 Å². The van der Waals surface area contributed by atoms with Gasteiger partial charge in [-0.15, -0.1) is 0 Å². The molecule has 142 valence electrons. The zero-order chi connectivity index (χ0) is 19.9. The summed E-state index contributed by atoms with van der Waals surface area (Å²) in [5.74, 6) is 0.133. The molecule has 2 N–H and O–H groups in total. The summed E-state index contributed by atoms with van der Waals surface area (Å²) in [5.41, 5.74) is 3.30. The Kier molecular flexibility index (Phi) is 6.07. The first-order valence-electron chi connectivity index (χ1n) is 9.08. The van der Waals surface area contributed by atoms with Crippen molar-refractivity contribution in [2.75, 3.05) is 17.2 Å². The average Bonchev–Trinajstić information content (AvgIpc) is 2.71. The van der Waals surface area contributed by atoms with Crippen molar-refractivity contribution in [2.45, 2.75) is 13.8 Å². The number of para-hydroxylation sites is 3. The van der Waals surface area contributed by atoms with Crippen molar-refractivity contribution in [3.05, 3.63) is 89.5 Å². The number of ether oxygens (including phenoxy) is 1. The molecule has 0 aromatic heterocycles. The molecule has 0 aliphatic rings. The lowest BCUT2D eigenvalue weighted by Gasteiger charge is -2.11. The number of aryl methyl sites for hydroxylation is 1. The highest BCUT2D eigenvalue weighted by Crippen LogP contribution is 2.24. The highest BCUT2D eigenvalue weighted by Gasteiger charge is 2.12. The van der Waals surface area contributed by atoms with Crippen LogP contribution in [0.1, 0.15) is 33.2 Å². The molecular weight excluding hydrogens is 352 g/mol. The maximum atomic E-state index is 12.5. The lowest BCUT2D eigenvalue weighted by Crippen LogP contribution is -2.15. The summed E-state index contributed by atoms with van der Waals surface area (Å²) < 4.78 is 5.52. The van der Waals surface area contributed by atoms with Gasteiger partial charge in [0.05, 0.1) is 12.3 Å². The van der Waals surface area contributed by atoms with Gasteiger partial charge in [0.2, 0.25) is 0 Å². The Hall–Kier alpha value is -3.60. The summed E-state index contributed by atoms with van der Waals surface area (Å²) in [7, 11) is 0. The predicted molar refractivity (Wildman–Crippen MR) is 111 cm³/mol. The minimum absolute atomic E-state index is 0.219. The van der Waals surface area contributed by atoms with Crippen molar-refractivity contribution in [2.24, 2.45) is 0 Å². The lowest BCUT2D eigenvalue weighted by molar-refractivity contribution is 0.101. The van der Waals surface area contributed by atoms with Gasteiger partial charge in [0.15, 0.2) is 0 Å². The quantitative estimate of drug-likeness (QED) is 0.645. The number of carbonyl (C=O) groups is 2. The van der Waals surface area contributed by atoms with E-state index in [4.69, 9.17) is 4.74 Å². The monoisotopic (exact) mass is 374 g/mol. The fraction of sp³-hybridized carbons (Fsp3) is 0.130. The molecule has 0 saturated carbocycles. The smallest absolute Gasteiger partial charge is 0.255 e. The van der Waals surface area contributed by atoms with Crippen LogP contribution in [-0.2, 0) is 0 Å². The van der Waals surface area contributed by atoms with Crippen molar-refractivity contribution in [1.82, 2.24) is 0 Å². The van der Waals surface area contributed by atoms with Gasteiger partial charge < -0.3 is 15.4 Å². The molecule has 2 amide bonds. The summed E-state index contributed by atoms with van der Waals surface area (Å²) in [4.78, 5) is 24.9. The van der Waals surface area contributed by atoms with Gasteiger partial charge in [0.25, 0.3) is 11.8 Å². The molecule has 0 aliphatic carbocycles. The largest absolute Gasteiger partial charge is 0.492 e. The van der Waals surface area contributed by atoms with E-state index in [1.54, 1.807) is 36.4 Å². The zero-order valence-electron chi connectivity index (χ0n) is 15.9. The third-order valence-electron chi connectivity index (χ3n) is 4.24. The first kappa shape index (κ1) is 19.2. The standard InChI is InChI=1S/C23H22N2O3/c1-3-28-21-11-7-6-10-20(21)25-23(27)18-14-12-17(13-15-18)22(26)24-19-9-5-4-8-16(19)2/h4-15H,3H2,1-2H3,(H,24,26)(H,25,27). The highest BCUT2D eigenvalue weighted by molar-refractivity contribution is 6.07. The number of carbonyl (C=O) groups excluding carboxylic acids is 2. The average molecular weight is 374 g/mol. The topological polar surface area (TPSA) is 67.4 Å². The zero-order valence-corrected chi connectivity index (χ0v) is 15.9. The molecule has 0 fully saturated rings. The number of hydrogen-bond acceptors (Lipinski definition) is 3. The number of amides is 2. The molecule has 5 heteroatoms. The predicted octanol–water partition coefficient (Wildman–Crippen LogP) is 4.90. The molecule has 0 spiro atoms. The van der Waals surface area contributed by atoms with Crippen LogP contribution in [-0.4, -0.2) is 18.4 Å². The van der Waals surface area contributed by atoms with Crippen molar-refractivity contribution in [3.63, 3.8) is 0 Å². The molecule has 5 nitrogen and oxygen atoms in total. The Balaban J connectivity index is 1.69. The van der Waals surface area contributed by atoms with E-state index < -0.39 is 0 Å². The van der Waals surface area contributed by atoms with Crippen LogP contribution in [0.15, 0.2) is 72.8 Å². The number of hydrogen-bond donors (Lipinski definition) is 2. The van der Waals surface area contributed by atoms with Crippen LogP contribution in [0.4, 0.5) is 11.4 Å². The van der Waals surface area contributed by atoms with Crippen LogP contribution < -0.4 is 15.4 Å². The second-order valence-electron chi connectivity index (χ2n) is 6.23. The SMILES string of the molecule is CCOc1ccccc1NC(=O)c1ccc(C(=O)Nc2ccccc2C)cc1. The van der Waals surface area contributed by atoms with E-state index in [-0.39, 0.29) is 11.8 Å². The lowest BCUT2D eigenvalue weighted by atomic mass is 10.1. The summed E-state index contributed by atoms with van der Waals surface area (Å²) in [6.45, 7) is 4.33. The van der Waals surface area contributed by atoms with Crippen LogP contribution in [0.25, 0.3) is 0 Å². The van der Waals surface area contributed by atoms with Gasteiger partial charge in [-0.2, -0.15) is 0 Å². The number of nitrogens with one attached hydrogen (secondary N) is 2. The van der Waals surface area contributed by atoms with Crippen molar-refractivity contribution < 1.29 is 14.3 Å². The number of anilines is 2. The summed E-state index contributed by atoms with van der Waals surface area (Å²) in [5, 5.41) is 5.72. The van der Waals surface area contributed by atoms with E-state index in [1.165, 1.54) is 0 Å². The molecule has 3 aromatic carbocycles. The van der Waals surface area contributed by atoms with Gasteiger partial charge in [-0.25, -0.2) is 0 Å². The van der Waals surface area contributed by atoms with E-state index in [0.29, 0.717) is 29.2 Å². The first-order chi connectivity index (χ1) is 13.6. The molecule has 3 rings (SSSR count). The number of benzene rings is 3. The number of rotatable bonds is 6. The van der Waals surface area contributed by atoms with Crippen LogP contribution in [0.3, 0.4) is 0 Å². The van der Waals surface area contributed by atoms with Gasteiger partial charge in [0.1, 0.15) is 5.75 Å². The molecule has 0 unspecified atom stereocenters. The highest BCUT2D eigenvalue weighted by atomic mass is 16.5. The molecule has 0 saturated heterocycles. The first-order valence-corrected chi connectivity index (χ1v) is 9.08. The molecule has 0 aliphatic heterocycles. The Morgan fingerprint density at radius 1 is 0.750 bits per heavy atom. The second-order valence-corrected chi connectivity index (χ2v) is 6.23. The van der Waals surface area contributed by atoms with Gasteiger partial charge >= 0.3 is 0 Å². The molecule has 0 radical (unpaired) electrons. The molecule has 3 aromatic rings. The van der Waals surface area contributed by atoms with Crippen molar-refractivity contribution in [1.29, 1.82) is 0 Å². The fourth-order valence-electron chi connectivity index (χ4n) is 2.73. The minimum atomic E-state index is -0.266. The van der Waals surface area contributed by atoms with E-state index in [1.807, 2.05) is 50.2 Å². The Morgan fingerprint density at radius 2 is 1.25 bits per heavy atom. The molecule has 28 heavy (non-hydrogen) atoms. The Bertz CT molecular complexity index is 981. The van der Waals surface area contributed by atoms with Crippen molar-refractivity contribution in [3.8, 4) is 5.75 Å². The van der Waals surface area contributed by atoms with E-state index in [0.717, 1.165) is 11.3 Å². The summed E-state index contributed by atoms with van der Waals surface area (Å²) in [6.07, 6.45) is 0. The third kappa shape index (κ3) is 4.57. The summed E-state index contributed by atoms with van der Waals surface area (Å²) >= 11 is 0. The van der Waals surface area contributed by atoms with Gasteiger partial charge in [-0.1, -0.05) is 30.3 Å².